The Balaban J connectivity index is 3.12. The van der Waals surface area contributed by atoms with Crippen molar-refractivity contribution in [1.82, 2.24) is 9.97 Å². The lowest BCUT2D eigenvalue weighted by atomic mass is 10.1. The van der Waals surface area contributed by atoms with Crippen molar-refractivity contribution in [2.24, 2.45) is 0 Å². The van der Waals surface area contributed by atoms with Gasteiger partial charge in [0.1, 0.15) is 17.5 Å². The molecule has 0 aliphatic carbocycles. The minimum absolute atomic E-state index is 0.333. The third-order valence-corrected chi connectivity index (χ3v) is 3.24. The number of hydrogen-bond donors (Lipinski definition) is 2. The quantitative estimate of drug-likeness (QED) is 0.810. The molecule has 0 fully saturated rings. The maximum Gasteiger partial charge on any atom is 0.135 e. The highest BCUT2D eigenvalue weighted by Crippen LogP contribution is 2.24. The summed E-state index contributed by atoms with van der Waals surface area (Å²) >= 11 is 0. The molecule has 1 aromatic rings. The Morgan fingerprint density at radius 1 is 1.06 bits per heavy atom. The van der Waals surface area contributed by atoms with Gasteiger partial charge in [0.2, 0.25) is 0 Å². The summed E-state index contributed by atoms with van der Waals surface area (Å²) in [6.07, 6.45) is 2.21. The summed E-state index contributed by atoms with van der Waals surface area (Å²) in [6, 6.07) is 0.475. The molecular formula is C14H26N4. The summed E-state index contributed by atoms with van der Waals surface area (Å²) in [5, 5.41) is 6.67. The van der Waals surface area contributed by atoms with Gasteiger partial charge in [-0.1, -0.05) is 27.7 Å². The molecule has 0 atom stereocenters. The van der Waals surface area contributed by atoms with Crippen LogP contribution in [0.5, 0.6) is 0 Å². The molecular weight excluding hydrogens is 224 g/mol. The van der Waals surface area contributed by atoms with Crippen LogP contribution in [0.25, 0.3) is 0 Å². The first-order valence-electron chi connectivity index (χ1n) is 6.86. The van der Waals surface area contributed by atoms with Gasteiger partial charge < -0.3 is 10.6 Å². The van der Waals surface area contributed by atoms with Gasteiger partial charge in [0.15, 0.2) is 0 Å². The average Bonchev–Trinajstić information content (AvgIpc) is 2.37. The first-order valence-corrected chi connectivity index (χ1v) is 6.86. The van der Waals surface area contributed by atoms with Gasteiger partial charge >= 0.3 is 0 Å². The van der Waals surface area contributed by atoms with E-state index in [4.69, 9.17) is 0 Å². The number of hydrogen-bond acceptors (Lipinski definition) is 4. The lowest BCUT2D eigenvalue weighted by Crippen LogP contribution is -2.20. The Bertz CT molecular complexity index is 384. The second kappa shape index (κ2) is 6.57. The Morgan fingerprint density at radius 3 is 2.06 bits per heavy atom. The van der Waals surface area contributed by atoms with Crippen LogP contribution in [-0.2, 0) is 0 Å². The van der Waals surface area contributed by atoms with E-state index in [-0.39, 0.29) is 0 Å². The zero-order chi connectivity index (χ0) is 13.7. The number of aromatic nitrogens is 2. The summed E-state index contributed by atoms with van der Waals surface area (Å²) in [5.41, 5.74) is 1.09. The van der Waals surface area contributed by atoms with E-state index in [0.717, 1.165) is 35.9 Å². The van der Waals surface area contributed by atoms with Crippen molar-refractivity contribution in [2.45, 2.75) is 59.4 Å². The molecule has 0 aliphatic rings. The second-order valence-electron chi connectivity index (χ2n) is 4.97. The van der Waals surface area contributed by atoms with E-state index >= 15 is 0 Å². The lowest BCUT2D eigenvalue weighted by Gasteiger charge is -2.20. The molecule has 18 heavy (non-hydrogen) atoms. The molecule has 1 aromatic heterocycles. The monoisotopic (exact) mass is 250 g/mol. The van der Waals surface area contributed by atoms with E-state index in [0.29, 0.717) is 12.0 Å². The van der Waals surface area contributed by atoms with Crippen LogP contribution in [0.4, 0.5) is 11.6 Å². The summed E-state index contributed by atoms with van der Waals surface area (Å²) in [4.78, 5) is 9.20. The fourth-order valence-electron chi connectivity index (χ4n) is 1.86. The standard InChI is InChI=1S/C14H26N4/c1-7-11(8-2)16-14-10(5)13(15-6)17-12(18-14)9(3)4/h9,11H,7-8H2,1-6H3,(H2,15,16,17,18). The fraction of sp³-hybridized carbons (Fsp3) is 0.714. The molecule has 1 heterocycles. The van der Waals surface area contributed by atoms with Crippen LogP contribution in [0.2, 0.25) is 0 Å². The molecule has 0 amide bonds. The normalized spacial score (nSPS) is 11.1. The number of anilines is 2. The van der Waals surface area contributed by atoms with Crippen molar-refractivity contribution in [3.63, 3.8) is 0 Å². The molecule has 0 spiro atoms. The first kappa shape index (κ1) is 14.7. The van der Waals surface area contributed by atoms with Gasteiger partial charge in [0, 0.05) is 24.6 Å². The maximum absolute atomic E-state index is 4.65. The Hall–Kier alpha value is -1.32. The van der Waals surface area contributed by atoms with E-state index in [9.17, 15) is 0 Å². The molecule has 0 aromatic carbocycles. The Labute approximate surface area is 111 Å². The number of nitrogens with one attached hydrogen (secondary N) is 2. The number of nitrogens with zero attached hydrogens (tertiary/aromatic N) is 2. The lowest BCUT2D eigenvalue weighted by molar-refractivity contribution is 0.664. The molecule has 0 radical (unpaired) electrons. The summed E-state index contributed by atoms with van der Waals surface area (Å²) in [7, 11) is 1.90. The van der Waals surface area contributed by atoms with Crippen LogP contribution >= 0.6 is 0 Å². The van der Waals surface area contributed by atoms with E-state index in [2.05, 4.69) is 55.2 Å². The van der Waals surface area contributed by atoms with Gasteiger partial charge in [-0.25, -0.2) is 9.97 Å². The van der Waals surface area contributed by atoms with Gasteiger partial charge in [0.05, 0.1) is 0 Å². The molecule has 0 aliphatic heterocycles. The molecule has 0 bridgehead atoms. The van der Waals surface area contributed by atoms with Crippen molar-refractivity contribution in [2.75, 3.05) is 17.7 Å². The Morgan fingerprint density at radius 2 is 1.61 bits per heavy atom. The Kier molecular flexibility index (Phi) is 5.38. The summed E-state index contributed by atoms with van der Waals surface area (Å²) in [5.74, 6) is 3.10. The summed E-state index contributed by atoms with van der Waals surface area (Å²) in [6.45, 7) is 10.7. The van der Waals surface area contributed by atoms with Crippen molar-refractivity contribution in [3.8, 4) is 0 Å². The van der Waals surface area contributed by atoms with Gasteiger partial charge in [-0.15, -0.1) is 0 Å². The topological polar surface area (TPSA) is 49.8 Å². The van der Waals surface area contributed by atoms with E-state index in [1.807, 2.05) is 7.05 Å². The van der Waals surface area contributed by atoms with E-state index in [1.165, 1.54) is 0 Å². The molecule has 4 heteroatoms. The van der Waals surface area contributed by atoms with Crippen LogP contribution in [0, 0.1) is 6.92 Å². The van der Waals surface area contributed by atoms with Crippen LogP contribution in [-0.4, -0.2) is 23.1 Å². The number of rotatable bonds is 6. The van der Waals surface area contributed by atoms with Gasteiger partial charge in [-0.05, 0) is 19.8 Å². The predicted octanol–water partition coefficient (Wildman–Crippen LogP) is 3.55. The molecule has 102 valence electrons. The predicted molar refractivity (Wildman–Crippen MR) is 78.4 cm³/mol. The molecule has 0 saturated heterocycles. The fourth-order valence-corrected chi connectivity index (χ4v) is 1.86. The van der Waals surface area contributed by atoms with Gasteiger partial charge in [0.25, 0.3) is 0 Å². The van der Waals surface area contributed by atoms with Gasteiger partial charge in [-0.3, -0.25) is 0 Å². The minimum atomic E-state index is 0.333. The minimum Gasteiger partial charge on any atom is -0.373 e. The maximum atomic E-state index is 4.65. The zero-order valence-corrected chi connectivity index (χ0v) is 12.5. The highest BCUT2D eigenvalue weighted by Gasteiger charge is 2.14. The largest absolute Gasteiger partial charge is 0.373 e. The SMILES string of the molecule is CCC(CC)Nc1nc(C(C)C)nc(NC)c1C. The van der Waals surface area contributed by atoms with E-state index in [1.54, 1.807) is 0 Å². The van der Waals surface area contributed by atoms with Crippen molar-refractivity contribution in [1.29, 1.82) is 0 Å². The molecule has 0 saturated carbocycles. The smallest absolute Gasteiger partial charge is 0.135 e. The first-order chi connectivity index (χ1) is 8.53. The molecule has 2 N–H and O–H groups in total. The molecule has 0 unspecified atom stereocenters. The highest BCUT2D eigenvalue weighted by atomic mass is 15.1. The molecule has 4 nitrogen and oxygen atoms in total. The average molecular weight is 250 g/mol. The van der Waals surface area contributed by atoms with Crippen LogP contribution < -0.4 is 10.6 Å². The third kappa shape index (κ3) is 3.34. The van der Waals surface area contributed by atoms with Gasteiger partial charge in [-0.2, -0.15) is 0 Å². The highest BCUT2D eigenvalue weighted by molar-refractivity contribution is 5.57. The van der Waals surface area contributed by atoms with Crippen molar-refractivity contribution < 1.29 is 0 Å². The van der Waals surface area contributed by atoms with Crippen molar-refractivity contribution >= 4 is 11.6 Å². The third-order valence-electron chi connectivity index (χ3n) is 3.24. The van der Waals surface area contributed by atoms with Crippen LogP contribution in [0.15, 0.2) is 0 Å². The van der Waals surface area contributed by atoms with Crippen molar-refractivity contribution in [3.05, 3.63) is 11.4 Å². The van der Waals surface area contributed by atoms with Crippen LogP contribution in [0.1, 0.15) is 57.8 Å². The second-order valence-corrected chi connectivity index (χ2v) is 4.97. The van der Waals surface area contributed by atoms with E-state index < -0.39 is 0 Å². The summed E-state index contributed by atoms with van der Waals surface area (Å²) < 4.78 is 0. The zero-order valence-electron chi connectivity index (χ0n) is 12.5. The molecule has 1 rings (SSSR count). The van der Waals surface area contributed by atoms with Crippen LogP contribution in [0.3, 0.4) is 0 Å².